The fourth-order valence-corrected chi connectivity index (χ4v) is 4.47. The second-order valence-electron chi connectivity index (χ2n) is 9.13. The first-order valence-electron chi connectivity index (χ1n) is 9.71. The van der Waals surface area contributed by atoms with E-state index < -0.39 is 11.4 Å². The molecule has 1 saturated heterocycles. The largest absolute Gasteiger partial charge is 0.598 e. The highest BCUT2D eigenvalue weighted by Gasteiger charge is 2.36. The van der Waals surface area contributed by atoms with E-state index in [4.69, 9.17) is 9.72 Å². The number of rotatable bonds is 4. The van der Waals surface area contributed by atoms with Crippen molar-refractivity contribution in [2.45, 2.75) is 64.2 Å². The van der Waals surface area contributed by atoms with Gasteiger partial charge >= 0.3 is 0 Å². The van der Waals surface area contributed by atoms with Crippen LogP contribution in [0.15, 0.2) is 16.9 Å². The molecule has 1 fully saturated rings. The third-order valence-electron chi connectivity index (χ3n) is 5.42. The van der Waals surface area contributed by atoms with Gasteiger partial charge in [0.15, 0.2) is 0 Å². The van der Waals surface area contributed by atoms with Crippen molar-refractivity contribution in [1.82, 2.24) is 14.3 Å². The molecule has 0 spiro atoms. The fraction of sp³-hybridized carbons (Fsp3) is 0.619. The van der Waals surface area contributed by atoms with Crippen LogP contribution >= 0.6 is 0 Å². The molecule has 6 nitrogen and oxygen atoms in total. The minimum atomic E-state index is -1.22. The molecule has 3 atom stereocenters. The smallest absolute Gasteiger partial charge is 0.261 e. The molecule has 0 aliphatic carbocycles. The van der Waals surface area contributed by atoms with Crippen LogP contribution in [0.5, 0.6) is 0 Å². The van der Waals surface area contributed by atoms with Gasteiger partial charge in [-0.05, 0) is 52.7 Å². The van der Waals surface area contributed by atoms with Crippen molar-refractivity contribution >= 4 is 22.3 Å². The number of aryl methyl sites for hydroxylation is 1. The van der Waals surface area contributed by atoms with Crippen LogP contribution in [-0.4, -0.2) is 32.1 Å². The normalized spacial score (nSPS) is 22.6. The summed E-state index contributed by atoms with van der Waals surface area (Å²) < 4.78 is 22.7. The lowest BCUT2D eigenvalue weighted by atomic mass is 9.88. The quantitative estimate of drug-likeness (QED) is 0.791. The van der Waals surface area contributed by atoms with E-state index in [1.807, 2.05) is 46.8 Å². The molecule has 0 amide bonds. The molecular formula is C21H31N3O3S. The number of ether oxygens (including phenoxy) is 1. The zero-order valence-electron chi connectivity index (χ0n) is 17.9. The van der Waals surface area contributed by atoms with E-state index >= 15 is 0 Å². The Kier molecular flexibility index (Phi) is 5.66. The molecule has 1 aliphatic heterocycles. The lowest BCUT2D eigenvalue weighted by Crippen LogP contribution is -2.40. The molecule has 2 aromatic rings. The molecule has 1 aromatic carbocycles. The van der Waals surface area contributed by atoms with Crippen LogP contribution < -0.4 is 10.3 Å². The van der Waals surface area contributed by atoms with Gasteiger partial charge in [0.2, 0.25) is 0 Å². The highest BCUT2D eigenvalue weighted by atomic mass is 32.2. The lowest BCUT2D eigenvalue weighted by Gasteiger charge is -2.28. The number of nitrogens with one attached hydrogen (secondary N) is 1. The predicted octanol–water partition coefficient (Wildman–Crippen LogP) is 3.03. The molecular weight excluding hydrogens is 374 g/mol. The molecule has 2 heterocycles. The van der Waals surface area contributed by atoms with Gasteiger partial charge in [-0.3, -0.25) is 9.36 Å². The molecule has 0 saturated carbocycles. The van der Waals surface area contributed by atoms with E-state index in [0.717, 1.165) is 23.4 Å². The Hall–Kier alpha value is -1.41. The van der Waals surface area contributed by atoms with Crippen molar-refractivity contribution in [3.8, 4) is 0 Å². The van der Waals surface area contributed by atoms with Gasteiger partial charge in [-0.15, -0.1) is 4.72 Å². The zero-order chi connectivity index (χ0) is 20.9. The number of hydrogen-bond acceptors (Lipinski definition) is 5. The van der Waals surface area contributed by atoms with Crippen LogP contribution in [0.25, 0.3) is 10.9 Å². The van der Waals surface area contributed by atoms with Crippen molar-refractivity contribution in [3.63, 3.8) is 0 Å². The molecule has 1 aromatic heterocycles. The van der Waals surface area contributed by atoms with Crippen LogP contribution in [0.4, 0.5) is 0 Å². The third-order valence-corrected chi connectivity index (χ3v) is 7.10. The second kappa shape index (κ2) is 7.44. The maximum Gasteiger partial charge on any atom is 0.261 e. The van der Waals surface area contributed by atoms with E-state index in [1.165, 1.54) is 0 Å². The van der Waals surface area contributed by atoms with Gasteiger partial charge in [0.25, 0.3) is 5.56 Å². The topological polar surface area (TPSA) is 79.2 Å². The van der Waals surface area contributed by atoms with Crippen molar-refractivity contribution in [2.75, 3.05) is 13.2 Å². The van der Waals surface area contributed by atoms with E-state index in [2.05, 4.69) is 11.6 Å². The van der Waals surface area contributed by atoms with E-state index in [0.29, 0.717) is 24.1 Å². The van der Waals surface area contributed by atoms with Crippen molar-refractivity contribution < 1.29 is 9.29 Å². The van der Waals surface area contributed by atoms with Gasteiger partial charge < -0.3 is 9.29 Å². The van der Waals surface area contributed by atoms with Crippen LogP contribution in [0.1, 0.15) is 64.0 Å². The predicted molar refractivity (Wildman–Crippen MR) is 114 cm³/mol. The number of fused-ring (bicyclic) bond motifs is 1. The summed E-state index contributed by atoms with van der Waals surface area (Å²) in [5.74, 6) is 0.747. The fourth-order valence-electron chi connectivity index (χ4n) is 3.67. The molecule has 0 bridgehead atoms. The monoisotopic (exact) mass is 405 g/mol. The Morgan fingerprint density at radius 2 is 2.07 bits per heavy atom. The molecule has 1 aliphatic rings. The summed E-state index contributed by atoms with van der Waals surface area (Å²) in [6, 6.07) is 3.71. The standard InChI is InChI=1S/C21H31N3O3S/c1-13-10-15(14(2)23-28(26)20(3,4)5)17-16(11-13)18(25)24(7)19(22-17)21(6)8-9-27-12-21/h10-11,14,23H,8-9,12H2,1-7H3. The Morgan fingerprint density at radius 1 is 1.39 bits per heavy atom. The van der Waals surface area contributed by atoms with Crippen molar-refractivity contribution in [2.24, 2.45) is 7.05 Å². The highest BCUT2D eigenvalue weighted by molar-refractivity contribution is 7.90. The maximum absolute atomic E-state index is 13.2. The average Bonchev–Trinajstić information content (AvgIpc) is 3.04. The summed E-state index contributed by atoms with van der Waals surface area (Å²) >= 11 is -1.22. The van der Waals surface area contributed by atoms with Gasteiger partial charge in [0.05, 0.1) is 29.0 Å². The summed E-state index contributed by atoms with van der Waals surface area (Å²) in [5, 5.41) is 0.596. The van der Waals surface area contributed by atoms with Gasteiger partial charge in [-0.2, -0.15) is 0 Å². The van der Waals surface area contributed by atoms with Crippen molar-refractivity contribution in [1.29, 1.82) is 0 Å². The van der Waals surface area contributed by atoms with E-state index in [-0.39, 0.29) is 21.8 Å². The van der Waals surface area contributed by atoms with Crippen LogP contribution in [0.3, 0.4) is 0 Å². The summed E-state index contributed by atoms with van der Waals surface area (Å²) in [4.78, 5) is 18.1. The first-order chi connectivity index (χ1) is 12.9. The molecule has 154 valence electrons. The van der Waals surface area contributed by atoms with Crippen LogP contribution in [-0.2, 0) is 28.6 Å². The maximum atomic E-state index is 13.2. The molecule has 28 heavy (non-hydrogen) atoms. The van der Waals surface area contributed by atoms with Gasteiger partial charge in [0.1, 0.15) is 10.6 Å². The minimum Gasteiger partial charge on any atom is -0.598 e. The Morgan fingerprint density at radius 3 is 2.64 bits per heavy atom. The zero-order valence-corrected chi connectivity index (χ0v) is 18.7. The molecule has 7 heteroatoms. The number of benzene rings is 1. The van der Waals surface area contributed by atoms with E-state index in [1.54, 1.807) is 11.6 Å². The highest BCUT2D eigenvalue weighted by Crippen LogP contribution is 2.33. The molecule has 0 radical (unpaired) electrons. The Balaban J connectivity index is 2.18. The number of hydrogen-bond donors (Lipinski definition) is 1. The summed E-state index contributed by atoms with van der Waals surface area (Å²) in [7, 11) is 1.78. The summed E-state index contributed by atoms with van der Waals surface area (Å²) in [5.41, 5.74) is 2.23. The SMILES string of the molecule is Cc1cc(C(C)N[S+]([O-])C(C)(C)C)c2nc(C3(C)CCOC3)n(C)c(=O)c2c1. The second-order valence-corrected chi connectivity index (χ2v) is 11.1. The summed E-state index contributed by atoms with van der Waals surface area (Å²) in [6.07, 6.45) is 0.835. The van der Waals surface area contributed by atoms with Crippen LogP contribution in [0.2, 0.25) is 0 Å². The lowest BCUT2D eigenvalue weighted by molar-refractivity contribution is 0.178. The number of nitrogens with zero attached hydrogens (tertiary/aromatic N) is 2. The van der Waals surface area contributed by atoms with Crippen molar-refractivity contribution in [3.05, 3.63) is 39.4 Å². The van der Waals surface area contributed by atoms with Gasteiger partial charge in [-0.1, -0.05) is 13.0 Å². The number of aromatic nitrogens is 2. The molecule has 3 rings (SSSR count). The third kappa shape index (κ3) is 3.85. The average molecular weight is 406 g/mol. The van der Waals surface area contributed by atoms with Gasteiger partial charge in [0, 0.05) is 30.6 Å². The minimum absolute atomic E-state index is 0.0535. The molecule has 3 unspecified atom stereocenters. The summed E-state index contributed by atoms with van der Waals surface area (Å²) in [6.45, 7) is 13.1. The Bertz CT molecular complexity index is 943. The van der Waals surface area contributed by atoms with Crippen LogP contribution in [0, 0.1) is 6.92 Å². The van der Waals surface area contributed by atoms with E-state index in [9.17, 15) is 9.35 Å². The first-order valence-corrected chi connectivity index (χ1v) is 10.9. The Labute approximate surface area is 170 Å². The first kappa shape index (κ1) is 21.3. The molecule has 1 N–H and O–H groups in total. The van der Waals surface area contributed by atoms with Gasteiger partial charge in [-0.25, -0.2) is 4.98 Å².